The van der Waals surface area contributed by atoms with Crippen LogP contribution in [0, 0.1) is 13.8 Å². The number of aromatic amines is 1. The lowest BCUT2D eigenvalue weighted by Crippen LogP contribution is -2.29. The van der Waals surface area contributed by atoms with Crippen LogP contribution in [0.4, 0.5) is 10.2 Å². The number of aromatic nitrogens is 4. The average molecular weight is 489 g/mol. The number of hydrogen-bond acceptors (Lipinski definition) is 6. The number of ether oxygens (including phenoxy) is 1. The highest BCUT2D eigenvalue weighted by molar-refractivity contribution is 5.82. The predicted molar refractivity (Wildman–Crippen MR) is 141 cm³/mol. The van der Waals surface area contributed by atoms with E-state index >= 15 is 0 Å². The molecule has 2 N–H and O–H groups in total. The van der Waals surface area contributed by atoms with Crippen LogP contribution in [0.5, 0.6) is 5.75 Å². The van der Waals surface area contributed by atoms with Crippen LogP contribution in [0.3, 0.4) is 0 Å². The molecular formula is C28H33FN6O. The van der Waals surface area contributed by atoms with Crippen LogP contribution in [0.1, 0.15) is 48.2 Å². The van der Waals surface area contributed by atoms with E-state index in [1.54, 1.807) is 0 Å². The molecule has 0 spiro atoms. The summed E-state index contributed by atoms with van der Waals surface area (Å²) in [6.07, 6.45) is 0. The number of imidazole rings is 1. The van der Waals surface area contributed by atoms with Gasteiger partial charge < -0.3 is 19.9 Å². The third kappa shape index (κ3) is 4.91. The van der Waals surface area contributed by atoms with Gasteiger partial charge in [-0.2, -0.15) is 0 Å². The number of H-pyrrole nitrogens is 1. The second-order valence-corrected chi connectivity index (χ2v) is 9.63. The van der Waals surface area contributed by atoms with Gasteiger partial charge in [-0.1, -0.05) is 26.0 Å². The fourth-order valence-corrected chi connectivity index (χ4v) is 4.95. The van der Waals surface area contributed by atoms with Crippen molar-refractivity contribution in [3.63, 3.8) is 0 Å². The van der Waals surface area contributed by atoms with Crippen LogP contribution in [0.25, 0.3) is 22.2 Å². The summed E-state index contributed by atoms with van der Waals surface area (Å²) in [4.78, 5) is 19.8. The lowest BCUT2D eigenvalue weighted by molar-refractivity contribution is 0.331. The van der Waals surface area contributed by atoms with Gasteiger partial charge in [0.15, 0.2) is 0 Å². The highest BCUT2D eigenvalue weighted by Crippen LogP contribution is 2.34. The molecule has 4 aromatic rings. The number of aryl methyl sites for hydroxylation is 2. The van der Waals surface area contributed by atoms with Crippen molar-refractivity contribution in [3.05, 3.63) is 64.9 Å². The maximum absolute atomic E-state index is 12.6. The van der Waals surface area contributed by atoms with Crippen LogP contribution in [0.15, 0.2) is 36.4 Å². The highest BCUT2D eigenvalue weighted by atomic mass is 19.1. The third-order valence-corrected chi connectivity index (χ3v) is 6.57. The van der Waals surface area contributed by atoms with Gasteiger partial charge in [0.2, 0.25) is 0 Å². The Morgan fingerprint density at radius 1 is 1.08 bits per heavy atom. The summed E-state index contributed by atoms with van der Waals surface area (Å²) in [6, 6.07) is 12.7. The summed E-state index contributed by atoms with van der Waals surface area (Å²) in [5, 5.41) is 3.07. The van der Waals surface area contributed by atoms with E-state index in [0.29, 0.717) is 32.1 Å². The van der Waals surface area contributed by atoms with Crippen LogP contribution in [-0.4, -0.2) is 46.3 Å². The number of hydrogen-bond donors (Lipinski definition) is 2. The van der Waals surface area contributed by atoms with E-state index < -0.39 is 6.67 Å². The van der Waals surface area contributed by atoms with Gasteiger partial charge in [-0.3, -0.25) is 0 Å². The smallest absolute Gasteiger partial charge is 0.144 e. The van der Waals surface area contributed by atoms with Gasteiger partial charge in [-0.05, 0) is 55.2 Å². The Morgan fingerprint density at radius 2 is 1.89 bits per heavy atom. The van der Waals surface area contributed by atoms with E-state index in [0.717, 1.165) is 62.9 Å². The zero-order valence-corrected chi connectivity index (χ0v) is 21.4. The van der Waals surface area contributed by atoms with Crippen LogP contribution < -0.4 is 15.0 Å². The maximum atomic E-state index is 12.6. The molecule has 0 saturated carbocycles. The third-order valence-electron chi connectivity index (χ3n) is 6.57. The molecule has 3 heterocycles. The summed E-state index contributed by atoms with van der Waals surface area (Å²) in [5.74, 6) is 3.70. The molecule has 1 aliphatic heterocycles. The standard InChI is InChI=1S/C28H33FN6O/c1-17(2)27-18(3)31-26(15-30-10-9-29)34-28(27)35-11-12-36-25-8-6-20(13-22(25)16-35)21-5-7-23-24(14-21)33-19(4)32-23/h5-8,13-14,17,30H,9-12,15-16H2,1-4H3,(H,32,33). The molecule has 0 bridgehead atoms. The van der Waals surface area contributed by atoms with Gasteiger partial charge in [0.1, 0.15) is 36.5 Å². The number of fused-ring (bicyclic) bond motifs is 2. The van der Waals surface area contributed by atoms with Gasteiger partial charge in [0.05, 0.1) is 24.1 Å². The Morgan fingerprint density at radius 3 is 2.69 bits per heavy atom. The second kappa shape index (κ2) is 10.2. The molecule has 5 rings (SSSR count). The largest absolute Gasteiger partial charge is 0.491 e. The molecule has 0 saturated heterocycles. The summed E-state index contributed by atoms with van der Waals surface area (Å²) in [6.45, 7) is 10.6. The normalized spacial score (nSPS) is 13.7. The second-order valence-electron chi connectivity index (χ2n) is 9.63. The predicted octanol–water partition coefficient (Wildman–Crippen LogP) is 5.22. The Bertz CT molecular complexity index is 1380. The molecule has 7 nitrogen and oxygen atoms in total. The van der Waals surface area contributed by atoms with Crippen molar-refractivity contribution in [3.8, 4) is 16.9 Å². The number of halogens is 1. The Balaban J connectivity index is 1.50. The van der Waals surface area contributed by atoms with E-state index in [1.165, 1.54) is 0 Å². The van der Waals surface area contributed by atoms with E-state index in [9.17, 15) is 4.39 Å². The first-order valence-electron chi connectivity index (χ1n) is 12.5. The van der Waals surface area contributed by atoms with Crippen molar-refractivity contribution in [2.24, 2.45) is 0 Å². The molecule has 36 heavy (non-hydrogen) atoms. The first kappa shape index (κ1) is 24.2. The summed E-state index contributed by atoms with van der Waals surface area (Å²) in [5.41, 5.74) is 7.47. The van der Waals surface area contributed by atoms with E-state index in [4.69, 9.17) is 14.7 Å². The topological polar surface area (TPSA) is 79.0 Å². The van der Waals surface area contributed by atoms with Crippen molar-refractivity contribution in [2.45, 2.75) is 46.7 Å². The number of nitrogens with one attached hydrogen (secondary N) is 2. The fourth-order valence-electron chi connectivity index (χ4n) is 4.95. The van der Waals surface area contributed by atoms with Gasteiger partial charge >= 0.3 is 0 Å². The minimum atomic E-state index is -0.412. The van der Waals surface area contributed by atoms with Gasteiger partial charge in [0.25, 0.3) is 0 Å². The molecule has 0 fully saturated rings. The molecule has 2 aromatic carbocycles. The monoisotopic (exact) mass is 488 g/mol. The van der Waals surface area contributed by atoms with Gasteiger partial charge in [-0.25, -0.2) is 19.3 Å². The summed E-state index contributed by atoms with van der Waals surface area (Å²) in [7, 11) is 0. The Hall–Kier alpha value is -3.52. The number of nitrogens with zero attached hydrogens (tertiary/aromatic N) is 4. The summed E-state index contributed by atoms with van der Waals surface area (Å²) < 4.78 is 18.8. The molecular weight excluding hydrogens is 455 g/mol. The first-order chi connectivity index (χ1) is 17.4. The summed E-state index contributed by atoms with van der Waals surface area (Å²) >= 11 is 0. The van der Waals surface area contributed by atoms with E-state index in [2.05, 4.69) is 70.4 Å². The molecule has 1 aliphatic rings. The van der Waals surface area contributed by atoms with Crippen molar-refractivity contribution < 1.29 is 9.13 Å². The Kier molecular flexibility index (Phi) is 6.87. The first-order valence-corrected chi connectivity index (χ1v) is 12.5. The van der Waals surface area contributed by atoms with Crippen molar-refractivity contribution in [1.29, 1.82) is 0 Å². The zero-order chi connectivity index (χ0) is 25.2. The lowest BCUT2D eigenvalue weighted by Gasteiger charge is -2.26. The molecule has 8 heteroatoms. The number of alkyl halides is 1. The minimum absolute atomic E-state index is 0.270. The number of rotatable bonds is 7. The molecule has 0 amide bonds. The van der Waals surface area contributed by atoms with Crippen LogP contribution in [0.2, 0.25) is 0 Å². The molecule has 0 unspecified atom stereocenters. The average Bonchev–Trinajstić information content (AvgIpc) is 3.09. The molecule has 0 aliphatic carbocycles. The van der Waals surface area contributed by atoms with Gasteiger partial charge in [-0.15, -0.1) is 0 Å². The molecule has 188 valence electrons. The van der Waals surface area contributed by atoms with E-state index in [-0.39, 0.29) is 5.92 Å². The van der Waals surface area contributed by atoms with Crippen molar-refractivity contribution in [1.82, 2.24) is 25.3 Å². The number of benzene rings is 2. The molecule has 0 atom stereocenters. The zero-order valence-electron chi connectivity index (χ0n) is 21.4. The van der Waals surface area contributed by atoms with Crippen molar-refractivity contribution in [2.75, 3.05) is 31.3 Å². The SMILES string of the molecule is Cc1nc2cc(-c3ccc4c(c3)CN(c3nc(CNCCF)nc(C)c3C(C)C)CCO4)ccc2[nH]1. The molecule has 0 radical (unpaired) electrons. The lowest BCUT2D eigenvalue weighted by atomic mass is 10.00. The maximum Gasteiger partial charge on any atom is 0.144 e. The van der Waals surface area contributed by atoms with Crippen LogP contribution in [-0.2, 0) is 13.1 Å². The fraction of sp³-hybridized carbons (Fsp3) is 0.393. The molecule has 2 aromatic heterocycles. The quantitative estimate of drug-likeness (QED) is 0.347. The minimum Gasteiger partial charge on any atom is -0.491 e. The van der Waals surface area contributed by atoms with Crippen LogP contribution >= 0.6 is 0 Å². The van der Waals surface area contributed by atoms with Crippen molar-refractivity contribution >= 4 is 16.9 Å². The highest BCUT2D eigenvalue weighted by Gasteiger charge is 2.23. The number of anilines is 1. The van der Waals surface area contributed by atoms with E-state index in [1.807, 2.05) is 13.8 Å². The Labute approximate surface area is 211 Å². The van der Waals surface area contributed by atoms with Gasteiger partial charge in [0, 0.05) is 29.9 Å².